The van der Waals surface area contributed by atoms with E-state index >= 15 is 0 Å². The molecule has 5 rings (SSSR count). The number of pyridine rings is 1. The van der Waals surface area contributed by atoms with Gasteiger partial charge in [0, 0.05) is 40.3 Å². The molecule has 2 aliphatic rings. The van der Waals surface area contributed by atoms with Crippen LogP contribution in [-0.4, -0.2) is 42.0 Å². The summed E-state index contributed by atoms with van der Waals surface area (Å²) in [5.41, 5.74) is 2.54. The minimum atomic E-state index is -0.336. The Labute approximate surface area is 229 Å². The molecule has 0 radical (unpaired) electrons. The van der Waals surface area contributed by atoms with Gasteiger partial charge in [-0.2, -0.15) is 0 Å². The Bertz CT molecular complexity index is 1310. The number of amides is 1. The number of likely N-dealkylation sites (tertiary alicyclic amines) is 1. The highest BCUT2D eigenvalue weighted by Gasteiger charge is 2.46. The number of hydrogen-bond donors (Lipinski definition) is 0. The van der Waals surface area contributed by atoms with Gasteiger partial charge in [-0.05, 0) is 74.0 Å². The van der Waals surface area contributed by atoms with Crippen LogP contribution in [0.15, 0.2) is 54.6 Å². The van der Waals surface area contributed by atoms with E-state index in [1.54, 1.807) is 29.2 Å². The van der Waals surface area contributed by atoms with Crippen molar-refractivity contribution in [1.82, 2.24) is 9.88 Å². The molecule has 4 nitrogen and oxygen atoms in total. The first kappa shape index (κ1) is 25.5. The fraction of sp³-hybridized carbons (Fsp3) is 0.259. The number of halogens is 5. The average Bonchev–Trinajstić information content (AvgIpc) is 3.14. The van der Waals surface area contributed by atoms with Crippen molar-refractivity contribution < 1.29 is 9.18 Å². The van der Waals surface area contributed by atoms with Crippen molar-refractivity contribution in [2.75, 3.05) is 31.1 Å². The van der Waals surface area contributed by atoms with Gasteiger partial charge in [-0.3, -0.25) is 9.69 Å². The lowest BCUT2D eigenvalue weighted by Gasteiger charge is -2.39. The Hall–Kier alpha value is -2.15. The number of nitrogens with zero attached hydrogens (tertiary/aromatic N) is 3. The monoisotopic (exact) mass is 563 g/mol. The first-order valence-corrected chi connectivity index (χ1v) is 13.0. The maximum atomic E-state index is 14.0. The fourth-order valence-electron chi connectivity index (χ4n) is 5.15. The summed E-state index contributed by atoms with van der Waals surface area (Å²) >= 11 is 24.6. The van der Waals surface area contributed by atoms with E-state index in [-0.39, 0.29) is 27.4 Å². The standard InChI is InChI=1S/C27H22Cl4FN3O/c28-18-6-7-23-20(15-18)27(16-35(23)26(36)17-13-24(30)33-25(31)14-17)8-11-34(12-9-27)10-2-3-19-21(29)4-1-5-22(19)32/h1-7,13-15H,8-12,16H2. The minimum absolute atomic E-state index is 0.172. The maximum absolute atomic E-state index is 14.0. The minimum Gasteiger partial charge on any atom is -0.307 e. The topological polar surface area (TPSA) is 36.4 Å². The summed E-state index contributed by atoms with van der Waals surface area (Å²) in [6.07, 6.45) is 5.39. The molecule has 0 unspecified atom stereocenters. The van der Waals surface area contributed by atoms with Crippen molar-refractivity contribution in [2.24, 2.45) is 0 Å². The van der Waals surface area contributed by atoms with E-state index in [0.717, 1.165) is 37.2 Å². The summed E-state index contributed by atoms with van der Waals surface area (Å²) in [6.45, 7) is 2.89. The summed E-state index contributed by atoms with van der Waals surface area (Å²) in [6, 6.07) is 13.4. The molecule has 9 heteroatoms. The third-order valence-electron chi connectivity index (χ3n) is 7.00. The second-order valence-corrected chi connectivity index (χ2v) is 10.8. The molecule has 1 aromatic heterocycles. The second-order valence-electron chi connectivity index (χ2n) is 9.17. The number of carbonyl (C=O) groups excluding carboxylic acids is 1. The van der Waals surface area contributed by atoms with E-state index in [1.807, 2.05) is 18.2 Å². The summed E-state index contributed by atoms with van der Waals surface area (Å²) in [4.78, 5) is 21.6. The number of anilines is 1. The molecule has 186 valence electrons. The Morgan fingerprint density at radius 3 is 2.44 bits per heavy atom. The Morgan fingerprint density at radius 1 is 1.03 bits per heavy atom. The first-order valence-electron chi connectivity index (χ1n) is 11.5. The molecular weight excluding hydrogens is 543 g/mol. The van der Waals surface area contributed by atoms with Gasteiger partial charge in [0.2, 0.25) is 0 Å². The molecule has 0 aliphatic carbocycles. The number of benzene rings is 2. The number of aromatic nitrogens is 1. The molecule has 0 atom stereocenters. The normalized spacial score (nSPS) is 17.2. The highest BCUT2D eigenvalue weighted by Crippen LogP contribution is 2.48. The van der Waals surface area contributed by atoms with Crippen LogP contribution in [0.2, 0.25) is 20.4 Å². The summed E-state index contributed by atoms with van der Waals surface area (Å²) < 4.78 is 14.0. The van der Waals surface area contributed by atoms with E-state index < -0.39 is 0 Å². The number of piperidine rings is 1. The van der Waals surface area contributed by atoms with Crippen molar-refractivity contribution >= 4 is 64.1 Å². The highest BCUT2D eigenvalue weighted by atomic mass is 35.5. The van der Waals surface area contributed by atoms with Crippen LogP contribution in [0.4, 0.5) is 10.1 Å². The van der Waals surface area contributed by atoms with Crippen LogP contribution >= 0.6 is 46.4 Å². The molecule has 1 saturated heterocycles. The van der Waals surface area contributed by atoms with E-state index in [2.05, 4.69) is 9.88 Å². The summed E-state index contributed by atoms with van der Waals surface area (Å²) in [7, 11) is 0. The predicted molar refractivity (Wildman–Crippen MR) is 145 cm³/mol. The van der Waals surface area contributed by atoms with Gasteiger partial charge in [0.1, 0.15) is 16.1 Å². The molecule has 2 aromatic carbocycles. The Kier molecular flexibility index (Phi) is 7.30. The molecule has 2 aliphatic heterocycles. The first-order chi connectivity index (χ1) is 17.3. The molecule has 1 amide bonds. The van der Waals surface area contributed by atoms with Crippen molar-refractivity contribution in [3.63, 3.8) is 0 Å². The lowest BCUT2D eigenvalue weighted by molar-refractivity contribution is 0.0977. The molecule has 1 spiro atoms. The molecule has 36 heavy (non-hydrogen) atoms. The molecule has 0 N–H and O–H groups in total. The zero-order chi connectivity index (χ0) is 25.4. The van der Waals surface area contributed by atoms with Gasteiger partial charge in [0.15, 0.2) is 0 Å². The summed E-state index contributed by atoms with van der Waals surface area (Å²) in [5.74, 6) is -0.508. The van der Waals surface area contributed by atoms with Crippen LogP contribution in [-0.2, 0) is 5.41 Å². The maximum Gasteiger partial charge on any atom is 0.258 e. The number of rotatable bonds is 4. The van der Waals surface area contributed by atoms with Crippen LogP contribution in [0.1, 0.15) is 34.3 Å². The van der Waals surface area contributed by atoms with Gasteiger partial charge in [0.25, 0.3) is 5.91 Å². The van der Waals surface area contributed by atoms with E-state index in [0.29, 0.717) is 34.3 Å². The number of fused-ring (bicyclic) bond motifs is 2. The van der Waals surface area contributed by atoms with E-state index in [1.165, 1.54) is 18.2 Å². The van der Waals surface area contributed by atoms with Gasteiger partial charge in [-0.1, -0.05) is 64.6 Å². The van der Waals surface area contributed by atoms with Crippen LogP contribution in [0.5, 0.6) is 0 Å². The van der Waals surface area contributed by atoms with Gasteiger partial charge in [-0.25, -0.2) is 9.37 Å². The predicted octanol–water partition coefficient (Wildman–Crippen LogP) is 7.54. The summed E-state index contributed by atoms with van der Waals surface area (Å²) in [5, 5.41) is 1.39. The van der Waals surface area contributed by atoms with Crippen LogP contribution < -0.4 is 4.90 Å². The molecule has 3 aromatic rings. The number of hydrogen-bond acceptors (Lipinski definition) is 3. The third-order valence-corrected chi connectivity index (χ3v) is 7.95. The van der Waals surface area contributed by atoms with Crippen LogP contribution in [0.25, 0.3) is 6.08 Å². The largest absolute Gasteiger partial charge is 0.307 e. The molecule has 3 heterocycles. The second kappa shape index (κ2) is 10.3. The van der Waals surface area contributed by atoms with E-state index in [4.69, 9.17) is 46.4 Å². The van der Waals surface area contributed by atoms with Gasteiger partial charge >= 0.3 is 0 Å². The molecule has 0 saturated carbocycles. The van der Waals surface area contributed by atoms with Gasteiger partial charge in [0.05, 0.1) is 5.02 Å². The average molecular weight is 565 g/mol. The van der Waals surface area contributed by atoms with Crippen molar-refractivity contribution in [2.45, 2.75) is 18.3 Å². The van der Waals surface area contributed by atoms with Gasteiger partial charge < -0.3 is 4.90 Å². The van der Waals surface area contributed by atoms with Crippen molar-refractivity contribution in [1.29, 1.82) is 0 Å². The fourth-order valence-corrected chi connectivity index (χ4v) is 6.01. The quantitative estimate of drug-likeness (QED) is 0.307. The SMILES string of the molecule is O=C(c1cc(Cl)nc(Cl)c1)N1CC2(CCN(CC=Cc3c(F)cccc3Cl)CC2)c2cc(Cl)ccc21. The Morgan fingerprint density at radius 2 is 1.75 bits per heavy atom. The third kappa shape index (κ3) is 5.00. The van der Waals surface area contributed by atoms with E-state index in [9.17, 15) is 9.18 Å². The Balaban J connectivity index is 1.33. The van der Waals surface area contributed by atoms with Crippen molar-refractivity contribution in [3.8, 4) is 0 Å². The lowest BCUT2D eigenvalue weighted by atomic mass is 9.74. The zero-order valence-electron chi connectivity index (χ0n) is 19.2. The highest BCUT2D eigenvalue weighted by molar-refractivity contribution is 6.33. The van der Waals surface area contributed by atoms with Crippen molar-refractivity contribution in [3.05, 3.63) is 97.5 Å². The molecule has 0 bridgehead atoms. The smallest absolute Gasteiger partial charge is 0.258 e. The van der Waals surface area contributed by atoms with Crippen LogP contribution in [0.3, 0.4) is 0 Å². The molecular formula is C27H22Cl4FN3O. The zero-order valence-corrected chi connectivity index (χ0v) is 22.2. The van der Waals surface area contributed by atoms with Crippen LogP contribution in [0, 0.1) is 5.82 Å². The van der Waals surface area contributed by atoms with Gasteiger partial charge in [-0.15, -0.1) is 0 Å². The number of carbonyl (C=O) groups is 1. The molecule has 1 fully saturated rings. The lowest BCUT2D eigenvalue weighted by Crippen LogP contribution is -2.46.